The molecule has 0 aromatic rings. The van der Waals surface area contributed by atoms with Crippen molar-refractivity contribution in [1.29, 1.82) is 0 Å². The summed E-state index contributed by atoms with van der Waals surface area (Å²) in [4.78, 5) is 5.06. The Morgan fingerprint density at radius 3 is 2.06 bits per heavy atom. The Morgan fingerprint density at radius 2 is 1.67 bits per heavy atom. The molecule has 1 spiro atoms. The lowest BCUT2D eigenvalue weighted by Gasteiger charge is -2.37. The largest absolute Gasteiger partial charge is 0.284 e. The monoisotopic (exact) mass is 474 g/mol. The molecule has 1 atom stereocenters. The van der Waals surface area contributed by atoms with Crippen molar-refractivity contribution in [2.45, 2.75) is 39.3 Å². The first-order valence-electron chi connectivity index (χ1n) is 6.35. The zero-order valence-corrected chi connectivity index (χ0v) is 16.4. The molecule has 0 saturated carbocycles. The number of likely N-dealkylation sites (N-methyl/N-ethyl adjacent to an activating group) is 2. The van der Waals surface area contributed by atoms with Crippen molar-refractivity contribution in [3.63, 3.8) is 0 Å². The van der Waals surface area contributed by atoms with Gasteiger partial charge in [-0.2, -0.15) is 0 Å². The van der Waals surface area contributed by atoms with Gasteiger partial charge in [-0.25, -0.2) is 0 Å². The highest BCUT2D eigenvalue weighted by Crippen LogP contribution is 2.43. The van der Waals surface area contributed by atoms with Gasteiger partial charge in [0.1, 0.15) is 0 Å². The molecule has 2 rings (SSSR count). The Kier molecular flexibility index (Phi) is 6.61. The molecule has 2 heterocycles. The SMILES string of the molecule is C/C=C1\CN(C)C2(CC(=C(C)C)CN2C)C1.II. The highest BCUT2D eigenvalue weighted by atomic mass is 128. The van der Waals surface area contributed by atoms with E-state index in [4.69, 9.17) is 0 Å². The molecule has 0 aliphatic carbocycles. The molecule has 4 heteroatoms. The van der Waals surface area contributed by atoms with Crippen LogP contribution in [0.25, 0.3) is 0 Å². The van der Waals surface area contributed by atoms with Gasteiger partial charge in [-0.15, -0.1) is 0 Å². The van der Waals surface area contributed by atoms with Gasteiger partial charge in [0.2, 0.25) is 0 Å². The average Bonchev–Trinajstić information content (AvgIpc) is 2.86. The van der Waals surface area contributed by atoms with Crippen molar-refractivity contribution in [2.24, 2.45) is 0 Å². The van der Waals surface area contributed by atoms with Gasteiger partial charge in [-0.05, 0) is 34.9 Å². The van der Waals surface area contributed by atoms with Crippen molar-refractivity contribution in [1.82, 2.24) is 9.80 Å². The molecule has 2 saturated heterocycles. The molecule has 18 heavy (non-hydrogen) atoms. The summed E-state index contributed by atoms with van der Waals surface area (Å²) in [6.07, 6.45) is 4.73. The number of allylic oxidation sites excluding steroid dienone is 2. The normalized spacial score (nSPS) is 31.1. The maximum Gasteiger partial charge on any atom is 0.0815 e. The predicted octanol–water partition coefficient (Wildman–Crippen LogP) is 4.41. The third-order valence-corrected chi connectivity index (χ3v) is 4.41. The molecule has 0 aromatic heterocycles. The Morgan fingerprint density at radius 1 is 1.11 bits per heavy atom. The van der Waals surface area contributed by atoms with Gasteiger partial charge in [0.25, 0.3) is 0 Å². The third kappa shape index (κ3) is 3.12. The number of halogens is 2. The van der Waals surface area contributed by atoms with Gasteiger partial charge < -0.3 is 0 Å². The van der Waals surface area contributed by atoms with E-state index in [9.17, 15) is 0 Å². The fourth-order valence-corrected chi connectivity index (χ4v) is 3.12. The Balaban J connectivity index is 0.000000771. The Hall–Kier alpha value is 0.860. The van der Waals surface area contributed by atoms with Crippen molar-refractivity contribution in [3.05, 3.63) is 22.8 Å². The lowest BCUT2D eigenvalue weighted by Crippen LogP contribution is -2.50. The molecule has 104 valence electrons. The van der Waals surface area contributed by atoms with Crippen molar-refractivity contribution in [2.75, 3.05) is 27.2 Å². The highest BCUT2D eigenvalue weighted by Gasteiger charge is 2.48. The fourth-order valence-electron chi connectivity index (χ4n) is 3.12. The van der Waals surface area contributed by atoms with E-state index < -0.39 is 0 Å². The zero-order chi connectivity index (χ0) is 13.9. The van der Waals surface area contributed by atoms with E-state index >= 15 is 0 Å². The average molecular weight is 474 g/mol. The van der Waals surface area contributed by atoms with Gasteiger partial charge in [0, 0.05) is 63.2 Å². The quantitative estimate of drug-likeness (QED) is 0.380. The van der Waals surface area contributed by atoms with E-state index in [1.54, 1.807) is 11.1 Å². The van der Waals surface area contributed by atoms with Crippen LogP contribution in [-0.2, 0) is 0 Å². The summed E-state index contributed by atoms with van der Waals surface area (Å²) in [7, 11) is 4.53. The first-order chi connectivity index (χ1) is 8.49. The minimum absolute atomic E-state index is 0.272. The summed E-state index contributed by atoms with van der Waals surface area (Å²) in [6.45, 7) is 8.93. The number of hydrogen-bond acceptors (Lipinski definition) is 2. The lowest BCUT2D eigenvalue weighted by atomic mass is 9.98. The predicted molar refractivity (Wildman–Crippen MR) is 97.4 cm³/mol. The summed E-state index contributed by atoms with van der Waals surface area (Å²) in [5.41, 5.74) is 5.00. The van der Waals surface area contributed by atoms with E-state index in [2.05, 4.69) is 88.0 Å². The molecule has 0 bridgehead atoms. The van der Waals surface area contributed by atoms with Crippen molar-refractivity contribution in [3.8, 4) is 0 Å². The molecule has 2 aliphatic heterocycles. The summed E-state index contributed by atoms with van der Waals surface area (Å²) >= 11 is 4.24. The maximum atomic E-state index is 2.53. The molecule has 0 radical (unpaired) electrons. The van der Waals surface area contributed by atoms with Crippen LogP contribution in [0.4, 0.5) is 0 Å². The van der Waals surface area contributed by atoms with Crippen LogP contribution >= 0.6 is 37.2 Å². The summed E-state index contributed by atoms with van der Waals surface area (Å²) < 4.78 is 0. The lowest BCUT2D eigenvalue weighted by molar-refractivity contribution is 0.0391. The Bertz CT molecular complexity index is 359. The second-order valence-corrected chi connectivity index (χ2v) is 5.60. The first-order valence-corrected chi connectivity index (χ1v) is 12.6. The number of rotatable bonds is 0. The van der Waals surface area contributed by atoms with Crippen LogP contribution in [0.2, 0.25) is 0 Å². The fraction of sp³-hybridized carbons (Fsp3) is 0.714. The minimum Gasteiger partial charge on any atom is -0.284 e. The smallest absolute Gasteiger partial charge is 0.0815 e. The summed E-state index contributed by atoms with van der Waals surface area (Å²) in [5.74, 6) is 0. The van der Waals surface area contributed by atoms with Crippen LogP contribution in [0.1, 0.15) is 33.6 Å². The topological polar surface area (TPSA) is 6.48 Å². The molecule has 0 aromatic carbocycles. The van der Waals surface area contributed by atoms with Crippen molar-refractivity contribution >= 4 is 37.2 Å². The van der Waals surface area contributed by atoms with Crippen LogP contribution in [-0.4, -0.2) is 42.6 Å². The van der Waals surface area contributed by atoms with Crippen molar-refractivity contribution < 1.29 is 0 Å². The van der Waals surface area contributed by atoms with E-state index in [1.807, 2.05) is 0 Å². The standard InChI is InChI=1S/C14H24N2.I2/c1-6-12-7-14(15(4)9-12)8-13(11(2)3)10-16(14)5;1-2/h6H,7-10H2,1-5H3;/b12-6-;. The maximum absolute atomic E-state index is 2.53. The number of likely N-dealkylation sites (tertiary alicyclic amines) is 2. The zero-order valence-electron chi connectivity index (χ0n) is 12.1. The molecule has 0 N–H and O–H groups in total. The molecule has 0 amide bonds. The highest BCUT2D eigenvalue weighted by molar-refractivity contribution is 15.0. The molecule has 1 unspecified atom stereocenters. The third-order valence-electron chi connectivity index (χ3n) is 4.41. The van der Waals surface area contributed by atoms with E-state index in [-0.39, 0.29) is 5.66 Å². The van der Waals surface area contributed by atoms with Gasteiger partial charge in [-0.3, -0.25) is 9.80 Å². The van der Waals surface area contributed by atoms with Crippen LogP contribution in [0, 0.1) is 0 Å². The first kappa shape index (κ1) is 16.9. The molecular weight excluding hydrogens is 450 g/mol. The second-order valence-electron chi connectivity index (χ2n) is 5.60. The number of hydrogen-bond donors (Lipinski definition) is 0. The summed E-state index contributed by atoms with van der Waals surface area (Å²) in [6, 6.07) is 0. The molecule has 2 aliphatic rings. The van der Waals surface area contributed by atoms with E-state index in [1.165, 1.54) is 18.4 Å². The second kappa shape index (κ2) is 7.04. The van der Waals surface area contributed by atoms with Crippen LogP contribution in [0.5, 0.6) is 0 Å². The van der Waals surface area contributed by atoms with Crippen LogP contribution < -0.4 is 0 Å². The molecular formula is C14H24I2N2. The Labute approximate surface area is 135 Å². The van der Waals surface area contributed by atoms with Gasteiger partial charge in [0.05, 0.1) is 5.66 Å². The molecule has 2 fully saturated rings. The minimum atomic E-state index is 0.272. The van der Waals surface area contributed by atoms with Crippen LogP contribution in [0.15, 0.2) is 22.8 Å². The molecule has 2 nitrogen and oxygen atoms in total. The van der Waals surface area contributed by atoms with Gasteiger partial charge in [0.15, 0.2) is 0 Å². The summed E-state index contributed by atoms with van der Waals surface area (Å²) in [5, 5.41) is 0. The number of nitrogens with zero attached hydrogens (tertiary/aromatic N) is 2. The van der Waals surface area contributed by atoms with E-state index in [0.29, 0.717) is 0 Å². The van der Waals surface area contributed by atoms with Gasteiger partial charge in [-0.1, -0.05) is 22.8 Å². The van der Waals surface area contributed by atoms with E-state index in [0.717, 1.165) is 13.1 Å². The van der Waals surface area contributed by atoms with Gasteiger partial charge >= 0.3 is 0 Å². The van der Waals surface area contributed by atoms with Crippen LogP contribution in [0.3, 0.4) is 0 Å².